The van der Waals surface area contributed by atoms with Crippen molar-refractivity contribution in [3.05, 3.63) is 69.7 Å². The van der Waals surface area contributed by atoms with Crippen molar-refractivity contribution in [2.75, 3.05) is 0 Å². The quantitative estimate of drug-likeness (QED) is 0.670. The Morgan fingerprint density at radius 1 is 0.909 bits per heavy atom. The lowest BCUT2D eigenvalue weighted by molar-refractivity contribution is 0.00858. The van der Waals surface area contributed by atoms with Gasteiger partial charge in [0.15, 0.2) is 0 Å². The van der Waals surface area contributed by atoms with Crippen molar-refractivity contribution in [2.45, 2.75) is 23.3 Å². The Bertz CT molecular complexity index is 683. The molecule has 2 aromatic carbocycles. The summed E-state index contributed by atoms with van der Waals surface area (Å²) in [6.07, 6.45) is 0.441. The van der Waals surface area contributed by atoms with Crippen molar-refractivity contribution < 1.29 is 5.11 Å². The van der Waals surface area contributed by atoms with Gasteiger partial charge in [-0.25, -0.2) is 0 Å². The van der Waals surface area contributed by atoms with E-state index in [0.29, 0.717) is 27.6 Å². The molecule has 0 heterocycles. The van der Waals surface area contributed by atoms with Crippen LogP contribution in [0.25, 0.3) is 0 Å². The number of hydrogen-bond donors (Lipinski definition) is 1. The van der Waals surface area contributed by atoms with Gasteiger partial charge in [0, 0.05) is 26.6 Å². The molecule has 0 unspecified atom stereocenters. The molecule has 0 aromatic heterocycles. The van der Waals surface area contributed by atoms with Crippen LogP contribution in [0.4, 0.5) is 0 Å². The molecule has 1 fully saturated rings. The zero-order valence-corrected chi connectivity index (χ0v) is 14.8. The van der Waals surface area contributed by atoms with Crippen LogP contribution in [0.1, 0.15) is 24.5 Å². The van der Waals surface area contributed by atoms with E-state index in [9.17, 15) is 5.11 Å². The molecule has 3 rings (SSSR count). The fourth-order valence-corrected chi connectivity index (χ4v) is 4.39. The van der Waals surface area contributed by atoms with Crippen LogP contribution in [0.3, 0.4) is 0 Å². The van der Waals surface area contributed by atoms with Gasteiger partial charge in [0.25, 0.3) is 0 Å². The molecule has 0 amide bonds. The second kappa shape index (κ2) is 5.29. The van der Waals surface area contributed by atoms with Gasteiger partial charge in [-0.15, -0.1) is 23.2 Å². The van der Waals surface area contributed by atoms with Gasteiger partial charge in [0.05, 0.1) is 0 Å². The highest BCUT2D eigenvalue weighted by atomic mass is 35.5. The summed E-state index contributed by atoms with van der Waals surface area (Å²) in [5.74, 6) is 0. The summed E-state index contributed by atoms with van der Waals surface area (Å²) < 4.78 is -1.04. The van der Waals surface area contributed by atoms with Crippen molar-refractivity contribution in [1.29, 1.82) is 0 Å². The summed E-state index contributed by atoms with van der Waals surface area (Å²) in [4.78, 5) is 0. The molecule has 116 valence electrons. The van der Waals surface area contributed by atoms with E-state index in [1.165, 1.54) is 0 Å². The molecule has 0 bridgehead atoms. The van der Waals surface area contributed by atoms with Crippen LogP contribution in [0, 0.1) is 5.41 Å². The number of benzene rings is 2. The smallest absolute Gasteiger partial charge is 0.127 e. The highest BCUT2D eigenvalue weighted by Gasteiger charge is 2.74. The maximum atomic E-state index is 11.7. The third-order valence-electron chi connectivity index (χ3n) is 4.58. The number of rotatable bonds is 3. The topological polar surface area (TPSA) is 20.2 Å². The molecule has 0 radical (unpaired) electrons. The first-order valence-electron chi connectivity index (χ1n) is 6.84. The average Bonchev–Trinajstić information content (AvgIpc) is 2.99. The Morgan fingerprint density at radius 3 is 1.59 bits per heavy atom. The van der Waals surface area contributed by atoms with E-state index in [1.807, 2.05) is 31.2 Å². The zero-order chi connectivity index (χ0) is 16.2. The van der Waals surface area contributed by atoms with Crippen molar-refractivity contribution >= 4 is 46.4 Å². The molecular formula is C17H14Cl4O. The first-order valence-corrected chi connectivity index (χ1v) is 8.35. The van der Waals surface area contributed by atoms with Crippen LogP contribution in [0.15, 0.2) is 48.5 Å². The van der Waals surface area contributed by atoms with Gasteiger partial charge in [-0.1, -0.05) is 66.5 Å². The van der Waals surface area contributed by atoms with Crippen LogP contribution in [-0.2, 0) is 5.60 Å². The summed E-state index contributed by atoms with van der Waals surface area (Å²) in [7, 11) is 0. The Kier molecular flexibility index (Phi) is 3.95. The molecule has 1 saturated carbocycles. The van der Waals surface area contributed by atoms with Crippen LogP contribution in [-0.4, -0.2) is 9.44 Å². The minimum Gasteiger partial charge on any atom is -0.380 e. The van der Waals surface area contributed by atoms with E-state index in [4.69, 9.17) is 46.4 Å². The molecule has 1 nitrogen and oxygen atoms in total. The minimum absolute atomic E-state index is 0.441. The van der Waals surface area contributed by atoms with E-state index in [0.717, 1.165) is 0 Å². The maximum absolute atomic E-state index is 11.7. The Balaban J connectivity index is 2.30. The third kappa shape index (κ3) is 2.18. The van der Waals surface area contributed by atoms with Crippen molar-refractivity contribution in [1.82, 2.24) is 0 Å². The lowest BCUT2D eigenvalue weighted by Gasteiger charge is -2.38. The monoisotopic (exact) mass is 374 g/mol. The highest BCUT2D eigenvalue weighted by molar-refractivity contribution is 6.51. The third-order valence-corrected chi connectivity index (χ3v) is 6.34. The molecule has 0 spiro atoms. The maximum Gasteiger partial charge on any atom is 0.127 e. The van der Waals surface area contributed by atoms with Gasteiger partial charge in [-0.3, -0.25) is 0 Å². The average molecular weight is 376 g/mol. The SMILES string of the molecule is C[C@@]1(C(O)(c2ccccc2Cl)c2ccccc2Cl)CC1(Cl)Cl. The van der Waals surface area contributed by atoms with Gasteiger partial charge >= 0.3 is 0 Å². The summed E-state index contributed by atoms with van der Waals surface area (Å²) >= 11 is 25.4. The van der Waals surface area contributed by atoms with E-state index in [-0.39, 0.29) is 0 Å². The van der Waals surface area contributed by atoms with Gasteiger partial charge < -0.3 is 5.11 Å². The standard InChI is InChI=1S/C17H14Cl4O/c1-15(10-16(15,20)21)17(22,11-6-2-4-8-13(11)18)12-7-3-5-9-14(12)19/h2-9,22H,10H2,1H3/t15-/m1/s1. The molecule has 0 saturated heterocycles. The predicted octanol–water partition coefficient (Wildman–Crippen LogP) is 5.81. The summed E-state index contributed by atoms with van der Waals surface area (Å²) in [6.45, 7) is 1.85. The number of alkyl halides is 2. The summed E-state index contributed by atoms with van der Waals surface area (Å²) in [6, 6.07) is 14.3. The molecule has 1 atom stereocenters. The lowest BCUT2D eigenvalue weighted by Crippen LogP contribution is -2.40. The first-order chi connectivity index (χ1) is 10.2. The van der Waals surface area contributed by atoms with Crippen LogP contribution < -0.4 is 0 Å². The van der Waals surface area contributed by atoms with Crippen molar-refractivity contribution in [3.8, 4) is 0 Å². The molecule has 2 aromatic rings. The Hall–Kier alpha value is -0.440. The number of hydrogen-bond acceptors (Lipinski definition) is 1. The zero-order valence-electron chi connectivity index (χ0n) is 11.8. The second-order valence-corrected chi connectivity index (χ2v) is 8.18. The van der Waals surface area contributed by atoms with Crippen molar-refractivity contribution in [2.24, 2.45) is 5.41 Å². The molecule has 0 aliphatic heterocycles. The van der Waals surface area contributed by atoms with Gasteiger partial charge in [0.1, 0.15) is 9.93 Å². The largest absolute Gasteiger partial charge is 0.380 e. The Labute approximate surface area is 149 Å². The van der Waals surface area contributed by atoms with E-state index in [1.54, 1.807) is 24.3 Å². The van der Waals surface area contributed by atoms with E-state index < -0.39 is 15.3 Å². The van der Waals surface area contributed by atoms with Gasteiger partial charge in [-0.05, 0) is 18.6 Å². The lowest BCUT2D eigenvalue weighted by atomic mass is 9.74. The number of aliphatic hydroxyl groups is 1. The van der Waals surface area contributed by atoms with Crippen molar-refractivity contribution in [3.63, 3.8) is 0 Å². The van der Waals surface area contributed by atoms with E-state index in [2.05, 4.69) is 0 Å². The molecule has 1 N–H and O–H groups in total. The summed E-state index contributed by atoms with van der Waals surface area (Å²) in [5.41, 5.74) is -1.17. The van der Waals surface area contributed by atoms with Crippen LogP contribution in [0.2, 0.25) is 10.0 Å². The molecule has 5 heteroatoms. The van der Waals surface area contributed by atoms with Gasteiger partial charge in [0.2, 0.25) is 0 Å². The fraction of sp³-hybridized carbons (Fsp3) is 0.294. The first kappa shape index (κ1) is 16.4. The number of halogens is 4. The molecule has 1 aliphatic rings. The van der Waals surface area contributed by atoms with Gasteiger partial charge in [-0.2, -0.15) is 0 Å². The fourth-order valence-electron chi connectivity index (χ4n) is 3.04. The van der Waals surface area contributed by atoms with Crippen LogP contribution in [0.5, 0.6) is 0 Å². The summed E-state index contributed by atoms with van der Waals surface area (Å²) in [5, 5.41) is 12.6. The molecular weight excluding hydrogens is 362 g/mol. The minimum atomic E-state index is -1.48. The molecule has 1 aliphatic carbocycles. The van der Waals surface area contributed by atoms with Crippen LogP contribution >= 0.6 is 46.4 Å². The Morgan fingerprint density at radius 2 is 1.27 bits per heavy atom. The molecule has 22 heavy (non-hydrogen) atoms. The second-order valence-electron chi connectivity index (χ2n) is 5.88. The normalized spacial score (nSPS) is 23.4. The predicted molar refractivity (Wildman–Crippen MR) is 93.1 cm³/mol. The highest BCUT2D eigenvalue weighted by Crippen LogP contribution is 2.73. The van der Waals surface area contributed by atoms with E-state index >= 15 is 0 Å².